The van der Waals surface area contributed by atoms with E-state index in [9.17, 15) is 9.59 Å². The third kappa shape index (κ3) is 5.82. The maximum Gasteiger partial charge on any atom is 0.330 e. The zero-order chi connectivity index (χ0) is 28.9. The summed E-state index contributed by atoms with van der Waals surface area (Å²) in [6.07, 6.45) is -0.872. The Morgan fingerprint density at radius 2 is 1.92 bits per heavy atom. The largest absolute Gasteiger partial charge is 0.472 e. The van der Waals surface area contributed by atoms with Gasteiger partial charge in [-0.1, -0.05) is 47.3 Å². The summed E-state index contributed by atoms with van der Waals surface area (Å²) in [5.41, 5.74) is -0.0158. The Hall–Kier alpha value is -2.58. The Morgan fingerprint density at radius 1 is 1.26 bits per heavy atom. The first kappa shape index (κ1) is 29.4. The van der Waals surface area contributed by atoms with E-state index in [4.69, 9.17) is 23.4 Å². The van der Waals surface area contributed by atoms with Gasteiger partial charge in [0.05, 0.1) is 6.61 Å². The van der Waals surface area contributed by atoms with Crippen LogP contribution in [0.2, 0.25) is 18.1 Å². The number of hydrogen-bond donors (Lipinski definition) is 2. The lowest BCUT2D eigenvalue weighted by molar-refractivity contribution is -0.199. The molecule has 1 amide bonds. The normalized spacial score (nSPS) is 24.8. The number of fused-ring (bicyclic) bond motifs is 2. The molecule has 0 spiro atoms. The zero-order valence-electron chi connectivity index (χ0n) is 24.3. The Morgan fingerprint density at radius 3 is 2.54 bits per heavy atom. The van der Waals surface area contributed by atoms with Crippen LogP contribution in [0.25, 0.3) is 11.2 Å². The highest BCUT2D eigenvalue weighted by Crippen LogP contribution is 2.44. The van der Waals surface area contributed by atoms with Gasteiger partial charge in [0.1, 0.15) is 30.4 Å². The highest BCUT2D eigenvalue weighted by molar-refractivity contribution is 6.74. The van der Waals surface area contributed by atoms with E-state index in [0.717, 1.165) is 0 Å². The van der Waals surface area contributed by atoms with Gasteiger partial charge in [-0.2, -0.15) is 9.97 Å². The summed E-state index contributed by atoms with van der Waals surface area (Å²) in [6.45, 7) is 22.1. The fraction of sp³-hybridized carbons (Fsp3) is 0.692. The number of nitrogens with one attached hydrogen (secondary N) is 2. The molecule has 2 aliphatic rings. The van der Waals surface area contributed by atoms with E-state index in [1.165, 1.54) is 4.57 Å². The van der Waals surface area contributed by atoms with Crippen LogP contribution in [-0.4, -0.2) is 71.1 Å². The second-order valence-corrected chi connectivity index (χ2v) is 17.1. The van der Waals surface area contributed by atoms with Crippen molar-refractivity contribution in [2.45, 2.75) is 96.9 Å². The molecule has 2 aromatic heterocycles. The quantitative estimate of drug-likeness (QED) is 0.345. The Kier molecular flexibility index (Phi) is 7.86. The van der Waals surface area contributed by atoms with Crippen molar-refractivity contribution in [3.8, 4) is 5.88 Å². The first-order valence-electron chi connectivity index (χ1n) is 13.3. The summed E-state index contributed by atoms with van der Waals surface area (Å²) in [4.78, 5) is 37.4. The molecule has 2 aliphatic heterocycles. The fourth-order valence-corrected chi connectivity index (χ4v) is 5.29. The van der Waals surface area contributed by atoms with Gasteiger partial charge in [-0.05, 0) is 32.0 Å². The predicted molar refractivity (Wildman–Crippen MR) is 148 cm³/mol. The Balaban J connectivity index is 1.75. The molecule has 12 nitrogen and oxygen atoms in total. The molecule has 0 bridgehead atoms. The van der Waals surface area contributed by atoms with Crippen LogP contribution in [0.1, 0.15) is 54.7 Å². The average molecular weight is 564 g/mol. The Labute approximate surface area is 229 Å². The SMILES string of the molecule is C=CCOc1nc(NC(=O)C(C)C)nc2c1[nH]c(=O)n2[C@@H]1O[C@H](CO[Si](C)(C)C(C)(C)C)[C@H]2OC(C)(C)O[C@H]21. The van der Waals surface area contributed by atoms with E-state index in [2.05, 4.69) is 60.7 Å². The van der Waals surface area contributed by atoms with Crippen LogP contribution in [-0.2, 0) is 23.4 Å². The summed E-state index contributed by atoms with van der Waals surface area (Å²) in [6, 6.07) is 0. The second-order valence-electron chi connectivity index (χ2n) is 12.3. The number of ether oxygens (including phenoxy) is 4. The van der Waals surface area contributed by atoms with Gasteiger partial charge < -0.3 is 23.4 Å². The van der Waals surface area contributed by atoms with Crippen LogP contribution in [0.4, 0.5) is 5.95 Å². The molecule has 0 aliphatic carbocycles. The third-order valence-corrected chi connectivity index (χ3v) is 11.9. The second kappa shape index (κ2) is 10.4. The van der Waals surface area contributed by atoms with Crippen LogP contribution in [0.5, 0.6) is 5.88 Å². The molecule has 0 aromatic carbocycles. The van der Waals surface area contributed by atoms with Gasteiger partial charge in [0.15, 0.2) is 26.0 Å². The lowest BCUT2D eigenvalue weighted by Crippen LogP contribution is -2.44. The van der Waals surface area contributed by atoms with Crippen molar-refractivity contribution in [3.05, 3.63) is 23.1 Å². The number of hydrogen-bond acceptors (Lipinski definition) is 9. The molecule has 216 valence electrons. The number of aromatic amines is 1. The predicted octanol–water partition coefficient (Wildman–Crippen LogP) is 3.72. The van der Waals surface area contributed by atoms with Crippen molar-refractivity contribution >= 4 is 31.3 Å². The lowest BCUT2D eigenvalue weighted by atomic mass is 10.1. The van der Waals surface area contributed by atoms with Gasteiger partial charge in [-0.25, -0.2) is 9.36 Å². The van der Waals surface area contributed by atoms with Crippen LogP contribution >= 0.6 is 0 Å². The highest BCUT2D eigenvalue weighted by atomic mass is 28.4. The van der Waals surface area contributed by atoms with E-state index in [1.54, 1.807) is 19.9 Å². The van der Waals surface area contributed by atoms with Crippen LogP contribution in [0.15, 0.2) is 17.4 Å². The van der Waals surface area contributed by atoms with Crippen LogP contribution in [0, 0.1) is 5.92 Å². The van der Waals surface area contributed by atoms with E-state index in [-0.39, 0.29) is 46.5 Å². The van der Waals surface area contributed by atoms with Gasteiger partial charge in [0.2, 0.25) is 17.7 Å². The summed E-state index contributed by atoms with van der Waals surface area (Å²) in [5, 5.41) is 2.70. The molecule has 2 N–H and O–H groups in total. The minimum atomic E-state index is -2.08. The van der Waals surface area contributed by atoms with E-state index in [0.29, 0.717) is 6.61 Å². The molecule has 0 unspecified atom stereocenters. The molecule has 4 heterocycles. The van der Waals surface area contributed by atoms with Crippen molar-refractivity contribution in [1.82, 2.24) is 19.5 Å². The number of carbonyl (C=O) groups is 1. The molecular formula is C26H41N5O7Si. The van der Waals surface area contributed by atoms with Crippen molar-refractivity contribution in [1.29, 1.82) is 0 Å². The molecule has 0 saturated carbocycles. The average Bonchev–Trinajstić information content (AvgIpc) is 3.42. The number of anilines is 1. The van der Waals surface area contributed by atoms with Gasteiger partial charge in [-0.3, -0.25) is 15.1 Å². The molecule has 0 radical (unpaired) electrons. The maximum absolute atomic E-state index is 13.4. The lowest BCUT2D eigenvalue weighted by Gasteiger charge is -2.37. The fourth-order valence-electron chi connectivity index (χ4n) is 4.27. The Bertz CT molecular complexity index is 1300. The molecule has 2 fully saturated rings. The molecular weight excluding hydrogens is 522 g/mol. The maximum atomic E-state index is 13.4. The van der Waals surface area contributed by atoms with Crippen molar-refractivity contribution < 1.29 is 28.2 Å². The molecule has 4 rings (SSSR count). The van der Waals surface area contributed by atoms with Gasteiger partial charge in [0.25, 0.3) is 0 Å². The molecule has 39 heavy (non-hydrogen) atoms. The first-order chi connectivity index (χ1) is 18.0. The first-order valence-corrected chi connectivity index (χ1v) is 16.2. The number of carbonyl (C=O) groups excluding carboxylic acids is 1. The standard InChI is InChI=1S/C26H41N5O7Si/c1-11-12-34-21-16-19(28-23(30-21)29-20(32)14(2)3)31(24(33)27-16)22-18-17(37-26(7,8)38-18)15(36-22)13-35-39(9,10)25(4,5)6/h11,14-15,17-18,22H,1,12-13H2,2-10H3,(H,27,33)(H,28,29,30,32)/t15-,17-,18-,22-/m1/s1. The highest BCUT2D eigenvalue weighted by Gasteiger charge is 2.57. The smallest absolute Gasteiger partial charge is 0.330 e. The van der Waals surface area contributed by atoms with Crippen molar-refractivity contribution in [3.63, 3.8) is 0 Å². The van der Waals surface area contributed by atoms with Crippen molar-refractivity contribution in [2.24, 2.45) is 5.92 Å². The van der Waals surface area contributed by atoms with Gasteiger partial charge in [0, 0.05) is 5.92 Å². The van der Waals surface area contributed by atoms with Gasteiger partial charge >= 0.3 is 5.69 Å². The van der Waals surface area contributed by atoms with E-state index in [1.807, 2.05) is 13.8 Å². The van der Waals surface area contributed by atoms with Crippen LogP contribution in [0.3, 0.4) is 0 Å². The summed E-state index contributed by atoms with van der Waals surface area (Å²) < 4.78 is 32.5. The van der Waals surface area contributed by atoms with Crippen molar-refractivity contribution in [2.75, 3.05) is 18.5 Å². The summed E-state index contributed by atoms with van der Waals surface area (Å²) in [7, 11) is -2.08. The van der Waals surface area contributed by atoms with E-state index >= 15 is 0 Å². The number of imidazole rings is 1. The van der Waals surface area contributed by atoms with Crippen LogP contribution < -0.4 is 15.7 Å². The third-order valence-electron chi connectivity index (χ3n) is 7.43. The topological polar surface area (TPSA) is 139 Å². The molecule has 13 heteroatoms. The number of rotatable bonds is 9. The number of nitrogens with zero attached hydrogens (tertiary/aromatic N) is 3. The number of aromatic nitrogens is 4. The molecule has 2 aromatic rings. The minimum absolute atomic E-state index is 0.00397. The number of amides is 1. The minimum Gasteiger partial charge on any atom is -0.472 e. The zero-order valence-corrected chi connectivity index (χ0v) is 25.3. The molecule has 4 atom stereocenters. The summed E-state index contributed by atoms with van der Waals surface area (Å²) >= 11 is 0. The van der Waals surface area contributed by atoms with E-state index < -0.39 is 44.3 Å². The van der Waals surface area contributed by atoms with Gasteiger partial charge in [-0.15, -0.1) is 0 Å². The number of H-pyrrole nitrogens is 1. The summed E-state index contributed by atoms with van der Waals surface area (Å²) in [5.74, 6) is -1.36. The monoisotopic (exact) mass is 563 g/mol. The molecule has 2 saturated heterocycles.